The number of hydrogen-bond donors (Lipinski definition) is 3. The lowest BCUT2D eigenvalue weighted by atomic mass is 9.90. The second-order valence-corrected chi connectivity index (χ2v) is 5.10. The minimum atomic E-state index is -0.985. The summed E-state index contributed by atoms with van der Waals surface area (Å²) in [5.74, 6) is -1.31. The number of nitrogens with one attached hydrogen (secondary N) is 2. The van der Waals surface area contributed by atoms with Gasteiger partial charge in [0.2, 0.25) is 11.8 Å². The second kappa shape index (κ2) is 6.19. The van der Waals surface area contributed by atoms with Crippen molar-refractivity contribution in [3.8, 4) is 0 Å². The third-order valence-electron chi connectivity index (χ3n) is 3.37. The number of amides is 2. The van der Waals surface area contributed by atoms with Crippen LogP contribution in [0, 0.1) is 5.82 Å². The van der Waals surface area contributed by atoms with E-state index < -0.39 is 17.3 Å². The van der Waals surface area contributed by atoms with Crippen molar-refractivity contribution in [2.45, 2.75) is 25.3 Å². The van der Waals surface area contributed by atoms with E-state index in [4.69, 9.17) is 10.5 Å². The average molecular weight is 295 g/mol. The van der Waals surface area contributed by atoms with Crippen LogP contribution in [0.4, 0.5) is 15.8 Å². The van der Waals surface area contributed by atoms with Gasteiger partial charge >= 0.3 is 0 Å². The number of rotatable bonds is 3. The molecule has 114 valence electrons. The fraction of sp³-hybridized carbons (Fsp3) is 0.429. The number of halogens is 1. The lowest BCUT2D eigenvalue weighted by Gasteiger charge is -2.31. The smallest absolute Gasteiger partial charge is 0.244 e. The fourth-order valence-corrected chi connectivity index (χ4v) is 2.11. The topological polar surface area (TPSA) is 93.5 Å². The van der Waals surface area contributed by atoms with Crippen molar-refractivity contribution >= 4 is 23.2 Å². The quantitative estimate of drug-likeness (QED) is 0.782. The summed E-state index contributed by atoms with van der Waals surface area (Å²) in [5.41, 5.74) is 5.47. The predicted molar refractivity (Wildman–Crippen MR) is 76.3 cm³/mol. The van der Waals surface area contributed by atoms with Gasteiger partial charge in [-0.1, -0.05) is 0 Å². The highest BCUT2D eigenvalue weighted by Crippen LogP contribution is 2.23. The maximum absolute atomic E-state index is 13.5. The molecule has 1 heterocycles. The Kier molecular flexibility index (Phi) is 4.54. The van der Waals surface area contributed by atoms with Gasteiger partial charge in [0, 0.05) is 25.8 Å². The average Bonchev–Trinajstić information content (AvgIpc) is 2.43. The van der Waals surface area contributed by atoms with Crippen LogP contribution >= 0.6 is 0 Å². The minimum Gasteiger partial charge on any atom is -0.381 e. The SMILES string of the molecule is CC(=O)Nc1cc(NC(=O)C2(N)CCOCC2)ccc1F. The zero-order valence-electron chi connectivity index (χ0n) is 11.7. The molecular weight excluding hydrogens is 277 g/mol. The van der Waals surface area contributed by atoms with E-state index in [0.29, 0.717) is 31.7 Å². The molecule has 0 aromatic heterocycles. The number of carbonyl (C=O) groups excluding carboxylic acids is 2. The lowest BCUT2D eigenvalue weighted by Crippen LogP contribution is -2.54. The first-order valence-electron chi connectivity index (χ1n) is 6.66. The highest BCUT2D eigenvalue weighted by atomic mass is 19.1. The summed E-state index contributed by atoms with van der Waals surface area (Å²) in [6.07, 6.45) is 0.858. The molecule has 0 radical (unpaired) electrons. The first-order valence-corrected chi connectivity index (χ1v) is 6.66. The largest absolute Gasteiger partial charge is 0.381 e. The molecule has 7 heteroatoms. The maximum atomic E-state index is 13.5. The second-order valence-electron chi connectivity index (χ2n) is 5.10. The van der Waals surface area contributed by atoms with Crippen LogP contribution in [-0.2, 0) is 14.3 Å². The van der Waals surface area contributed by atoms with Crippen LogP contribution in [0.5, 0.6) is 0 Å². The van der Waals surface area contributed by atoms with Crippen LogP contribution in [-0.4, -0.2) is 30.6 Å². The first kappa shape index (κ1) is 15.4. The van der Waals surface area contributed by atoms with Crippen molar-refractivity contribution in [1.82, 2.24) is 0 Å². The Morgan fingerprint density at radius 1 is 1.29 bits per heavy atom. The minimum absolute atomic E-state index is 0.0124. The molecule has 1 aromatic rings. The van der Waals surface area contributed by atoms with Gasteiger partial charge in [0.25, 0.3) is 0 Å². The zero-order valence-corrected chi connectivity index (χ0v) is 11.7. The molecular formula is C14H18FN3O3. The van der Waals surface area contributed by atoms with Crippen molar-refractivity contribution in [3.05, 3.63) is 24.0 Å². The highest BCUT2D eigenvalue weighted by Gasteiger charge is 2.35. The summed E-state index contributed by atoms with van der Waals surface area (Å²) in [4.78, 5) is 23.2. The van der Waals surface area contributed by atoms with E-state index in [1.54, 1.807) is 0 Å². The summed E-state index contributed by atoms with van der Waals surface area (Å²) in [7, 11) is 0. The molecule has 0 unspecified atom stereocenters. The molecule has 0 atom stereocenters. The Labute approximate surface area is 121 Å². The molecule has 1 saturated heterocycles. The number of carbonyl (C=O) groups is 2. The first-order chi connectivity index (χ1) is 9.90. The summed E-state index contributed by atoms with van der Waals surface area (Å²) in [6, 6.07) is 3.95. The molecule has 0 aliphatic carbocycles. The third kappa shape index (κ3) is 3.77. The van der Waals surface area contributed by atoms with Gasteiger partial charge < -0.3 is 21.1 Å². The van der Waals surface area contributed by atoms with Gasteiger partial charge in [-0.05, 0) is 31.0 Å². The Bertz CT molecular complexity index is 556. The molecule has 1 aliphatic rings. The van der Waals surface area contributed by atoms with Crippen molar-refractivity contribution < 1.29 is 18.7 Å². The van der Waals surface area contributed by atoms with E-state index in [-0.39, 0.29) is 11.6 Å². The molecule has 2 amide bonds. The molecule has 1 aromatic carbocycles. The maximum Gasteiger partial charge on any atom is 0.244 e. The van der Waals surface area contributed by atoms with Crippen LogP contribution in [0.15, 0.2) is 18.2 Å². The van der Waals surface area contributed by atoms with Gasteiger partial charge in [-0.25, -0.2) is 4.39 Å². The Morgan fingerprint density at radius 2 is 1.95 bits per heavy atom. The molecule has 6 nitrogen and oxygen atoms in total. The number of anilines is 2. The van der Waals surface area contributed by atoms with E-state index in [1.165, 1.54) is 25.1 Å². The molecule has 21 heavy (non-hydrogen) atoms. The van der Waals surface area contributed by atoms with Gasteiger partial charge in [-0.3, -0.25) is 9.59 Å². The van der Waals surface area contributed by atoms with Crippen LogP contribution in [0.1, 0.15) is 19.8 Å². The van der Waals surface area contributed by atoms with Crippen LogP contribution in [0.25, 0.3) is 0 Å². The zero-order chi connectivity index (χ0) is 15.5. The van der Waals surface area contributed by atoms with Crippen molar-refractivity contribution in [1.29, 1.82) is 0 Å². The molecule has 2 rings (SSSR count). The van der Waals surface area contributed by atoms with Gasteiger partial charge in [-0.15, -0.1) is 0 Å². The summed E-state index contributed by atoms with van der Waals surface area (Å²) in [5, 5.41) is 5.01. The summed E-state index contributed by atoms with van der Waals surface area (Å²) >= 11 is 0. The Morgan fingerprint density at radius 3 is 2.57 bits per heavy atom. The number of benzene rings is 1. The van der Waals surface area contributed by atoms with Crippen LogP contribution in [0.3, 0.4) is 0 Å². The van der Waals surface area contributed by atoms with E-state index in [1.807, 2.05) is 0 Å². The standard InChI is InChI=1S/C14H18FN3O3/c1-9(19)17-12-8-10(2-3-11(12)15)18-13(20)14(16)4-6-21-7-5-14/h2-3,8H,4-7,16H2,1H3,(H,17,19)(H,18,20). The molecule has 0 bridgehead atoms. The van der Waals surface area contributed by atoms with Crippen molar-refractivity contribution in [2.75, 3.05) is 23.8 Å². The predicted octanol–water partition coefficient (Wildman–Crippen LogP) is 1.23. The molecule has 1 fully saturated rings. The molecule has 1 aliphatic heterocycles. The lowest BCUT2D eigenvalue weighted by molar-refractivity contribution is -0.124. The van der Waals surface area contributed by atoms with Gasteiger partial charge in [0.05, 0.1) is 5.69 Å². The van der Waals surface area contributed by atoms with Crippen LogP contribution < -0.4 is 16.4 Å². The van der Waals surface area contributed by atoms with Crippen molar-refractivity contribution in [3.63, 3.8) is 0 Å². The molecule has 4 N–H and O–H groups in total. The van der Waals surface area contributed by atoms with Crippen LogP contribution in [0.2, 0.25) is 0 Å². The normalized spacial score (nSPS) is 17.1. The van der Waals surface area contributed by atoms with E-state index in [9.17, 15) is 14.0 Å². The Hall–Kier alpha value is -1.99. The van der Waals surface area contributed by atoms with Gasteiger partial charge in [-0.2, -0.15) is 0 Å². The molecule has 0 saturated carbocycles. The van der Waals surface area contributed by atoms with Crippen molar-refractivity contribution in [2.24, 2.45) is 5.73 Å². The third-order valence-corrected chi connectivity index (χ3v) is 3.37. The number of hydrogen-bond acceptors (Lipinski definition) is 4. The van der Waals surface area contributed by atoms with Gasteiger partial charge in [0.1, 0.15) is 11.4 Å². The van der Waals surface area contributed by atoms with E-state index >= 15 is 0 Å². The Balaban J connectivity index is 2.12. The number of nitrogens with two attached hydrogens (primary N) is 1. The fourth-order valence-electron chi connectivity index (χ4n) is 2.11. The molecule has 0 spiro atoms. The van der Waals surface area contributed by atoms with E-state index in [2.05, 4.69) is 10.6 Å². The van der Waals surface area contributed by atoms with E-state index in [0.717, 1.165) is 0 Å². The van der Waals surface area contributed by atoms with Gasteiger partial charge in [0.15, 0.2) is 0 Å². The summed E-state index contributed by atoms with van der Waals surface area (Å²) < 4.78 is 18.7. The monoisotopic (exact) mass is 295 g/mol. The summed E-state index contributed by atoms with van der Waals surface area (Å²) in [6.45, 7) is 2.15. The highest BCUT2D eigenvalue weighted by molar-refractivity contribution is 5.99. The number of ether oxygens (including phenoxy) is 1.